The molecule has 1 saturated heterocycles. The first-order chi connectivity index (χ1) is 8.56. The molecule has 1 saturated carbocycles. The molecule has 0 radical (unpaired) electrons. The van der Waals surface area contributed by atoms with Crippen LogP contribution in [0.15, 0.2) is 0 Å². The van der Waals surface area contributed by atoms with Crippen LogP contribution in [0.25, 0.3) is 0 Å². The van der Waals surface area contributed by atoms with Crippen LogP contribution in [0, 0.1) is 0 Å². The molecule has 18 heavy (non-hydrogen) atoms. The summed E-state index contributed by atoms with van der Waals surface area (Å²) in [7, 11) is -3.28. The summed E-state index contributed by atoms with van der Waals surface area (Å²) in [5, 5.41) is 8.18. The summed E-state index contributed by atoms with van der Waals surface area (Å²) < 4.78 is 23.9. The van der Waals surface area contributed by atoms with Crippen molar-refractivity contribution < 1.29 is 18.3 Å². The van der Waals surface area contributed by atoms with Gasteiger partial charge in [0, 0.05) is 12.6 Å². The van der Waals surface area contributed by atoms with Crippen LogP contribution in [0.2, 0.25) is 0 Å². The Bertz CT molecular complexity index is 402. The van der Waals surface area contributed by atoms with Crippen LogP contribution in [0.1, 0.15) is 38.5 Å². The number of carbonyl (C=O) groups excluding carboxylic acids is 1. The molecule has 0 aromatic rings. The smallest absolute Gasteiger partial charge is 0.241 e. The highest BCUT2D eigenvalue weighted by molar-refractivity contribution is 7.92. The molecule has 1 N–H and O–H groups in total. The molecule has 6 heteroatoms. The number of rotatable bonds is 4. The zero-order valence-corrected chi connectivity index (χ0v) is 11.4. The third kappa shape index (κ3) is 2.69. The van der Waals surface area contributed by atoms with Crippen LogP contribution < -0.4 is 0 Å². The molecule has 0 spiro atoms. The molecule has 0 aromatic carbocycles. The van der Waals surface area contributed by atoms with E-state index in [9.17, 15) is 13.2 Å². The first-order valence-corrected chi connectivity index (χ1v) is 8.40. The van der Waals surface area contributed by atoms with E-state index < -0.39 is 15.1 Å². The van der Waals surface area contributed by atoms with E-state index in [1.54, 1.807) is 4.90 Å². The fraction of sp³-hybridized carbons (Fsp3) is 0.917. The average Bonchev–Trinajstić information content (AvgIpc) is 2.24. The van der Waals surface area contributed by atoms with E-state index in [2.05, 4.69) is 0 Å². The Morgan fingerprint density at radius 3 is 2.39 bits per heavy atom. The zero-order valence-electron chi connectivity index (χ0n) is 10.5. The minimum atomic E-state index is -3.28. The number of aliphatic hydroxyl groups excluding tert-OH is 1. The Kier molecular flexibility index (Phi) is 4.27. The molecular weight excluding hydrogens is 254 g/mol. The van der Waals surface area contributed by atoms with Crippen LogP contribution in [0.3, 0.4) is 0 Å². The lowest BCUT2D eigenvalue weighted by Gasteiger charge is -2.39. The molecule has 0 aromatic heterocycles. The van der Waals surface area contributed by atoms with Gasteiger partial charge in [0.1, 0.15) is 5.25 Å². The summed E-state index contributed by atoms with van der Waals surface area (Å²) in [6.07, 6.45) is 4.84. The second-order valence-corrected chi connectivity index (χ2v) is 7.49. The van der Waals surface area contributed by atoms with E-state index in [0.717, 1.165) is 25.7 Å². The van der Waals surface area contributed by atoms with Gasteiger partial charge in [-0.25, -0.2) is 8.42 Å². The first kappa shape index (κ1) is 13.8. The standard InChI is InChI=1S/C12H21NO4S/c14-8-7-13(10-4-3-5-10)12(15)11-6-1-2-9-18(11,16)17/h10-11,14H,1-9H2. The summed E-state index contributed by atoms with van der Waals surface area (Å²) in [4.78, 5) is 14.0. The minimum absolute atomic E-state index is 0.102. The van der Waals surface area contributed by atoms with Gasteiger partial charge in [-0.05, 0) is 32.1 Å². The Labute approximate surface area is 108 Å². The van der Waals surface area contributed by atoms with E-state index in [0.29, 0.717) is 12.8 Å². The number of hydrogen-bond donors (Lipinski definition) is 1. The maximum atomic E-state index is 12.4. The van der Waals surface area contributed by atoms with Crippen molar-refractivity contribution in [2.75, 3.05) is 18.9 Å². The van der Waals surface area contributed by atoms with E-state index in [4.69, 9.17) is 5.11 Å². The second-order valence-electron chi connectivity index (χ2n) is 5.19. The van der Waals surface area contributed by atoms with Crippen molar-refractivity contribution >= 4 is 15.7 Å². The molecule has 1 atom stereocenters. The van der Waals surface area contributed by atoms with Crippen LogP contribution >= 0.6 is 0 Å². The quantitative estimate of drug-likeness (QED) is 0.802. The molecule has 2 fully saturated rings. The number of aliphatic hydroxyl groups is 1. The predicted octanol–water partition coefficient (Wildman–Crippen LogP) is 0.327. The fourth-order valence-corrected chi connectivity index (χ4v) is 4.56. The maximum absolute atomic E-state index is 12.4. The van der Waals surface area contributed by atoms with E-state index >= 15 is 0 Å². The van der Waals surface area contributed by atoms with Crippen molar-refractivity contribution in [2.24, 2.45) is 0 Å². The van der Waals surface area contributed by atoms with Crippen molar-refractivity contribution in [2.45, 2.75) is 49.8 Å². The van der Waals surface area contributed by atoms with E-state index in [1.807, 2.05) is 0 Å². The van der Waals surface area contributed by atoms with Gasteiger partial charge in [0.25, 0.3) is 0 Å². The van der Waals surface area contributed by atoms with Gasteiger partial charge in [0.05, 0.1) is 12.4 Å². The largest absolute Gasteiger partial charge is 0.395 e. The Morgan fingerprint density at radius 2 is 1.89 bits per heavy atom. The van der Waals surface area contributed by atoms with E-state index in [1.165, 1.54) is 0 Å². The number of nitrogens with zero attached hydrogens (tertiary/aromatic N) is 1. The highest BCUT2D eigenvalue weighted by atomic mass is 32.2. The third-order valence-electron chi connectivity index (χ3n) is 3.99. The van der Waals surface area contributed by atoms with E-state index in [-0.39, 0.29) is 30.9 Å². The molecule has 0 bridgehead atoms. The molecule has 5 nitrogen and oxygen atoms in total. The normalized spacial score (nSPS) is 27.5. The van der Waals surface area contributed by atoms with Crippen LogP contribution in [0.5, 0.6) is 0 Å². The number of sulfone groups is 1. The van der Waals surface area contributed by atoms with Gasteiger partial charge in [0.2, 0.25) is 5.91 Å². The molecule has 1 aliphatic heterocycles. The molecule has 1 aliphatic carbocycles. The average molecular weight is 275 g/mol. The van der Waals surface area contributed by atoms with Crippen molar-refractivity contribution in [3.63, 3.8) is 0 Å². The fourth-order valence-electron chi connectivity index (χ4n) is 2.70. The van der Waals surface area contributed by atoms with Gasteiger partial charge >= 0.3 is 0 Å². The monoisotopic (exact) mass is 275 g/mol. The topological polar surface area (TPSA) is 74.7 Å². The summed E-state index contributed by atoms with van der Waals surface area (Å²) in [6, 6.07) is 0.141. The van der Waals surface area contributed by atoms with Crippen molar-refractivity contribution in [1.29, 1.82) is 0 Å². The Morgan fingerprint density at radius 1 is 1.17 bits per heavy atom. The third-order valence-corrected chi connectivity index (χ3v) is 6.16. The summed E-state index contributed by atoms with van der Waals surface area (Å²) in [6.45, 7) is 0.157. The second kappa shape index (κ2) is 5.57. The molecule has 2 rings (SSSR count). The van der Waals surface area contributed by atoms with Gasteiger partial charge < -0.3 is 10.0 Å². The number of amides is 1. The van der Waals surface area contributed by atoms with Crippen LogP contribution in [-0.2, 0) is 14.6 Å². The van der Waals surface area contributed by atoms with Gasteiger partial charge in [-0.15, -0.1) is 0 Å². The highest BCUT2D eigenvalue weighted by Crippen LogP contribution is 2.28. The van der Waals surface area contributed by atoms with Gasteiger partial charge in [-0.3, -0.25) is 4.79 Å². The highest BCUT2D eigenvalue weighted by Gasteiger charge is 2.40. The molecule has 104 valence electrons. The Balaban J connectivity index is 2.11. The molecular formula is C12H21NO4S. The molecule has 1 heterocycles. The summed E-state index contributed by atoms with van der Waals surface area (Å²) in [5.74, 6) is -0.158. The summed E-state index contributed by atoms with van der Waals surface area (Å²) >= 11 is 0. The molecule has 1 unspecified atom stereocenters. The molecule has 1 amide bonds. The van der Waals surface area contributed by atoms with Gasteiger partial charge in [-0.2, -0.15) is 0 Å². The molecule has 2 aliphatic rings. The lowest BCUT2D eigenvalue weighted by molar-refractivity contribution is -0.135. The first-order valence-electron chi connectivity index (χ1n) is 6.69. The summed E-state index contributed by atoms with van der Waals surface area (Å²) in [5.41, 5.74) is 0. The van der Waals surface area contributed by atoms with Crippen molar-refractivity contribution in [1.82, 2.24) is 4.90 Å². The van der Waals surface area contributed by atoms with Gasteiger partial charge in [0.15, 0.2) is 9.84 Å². The van der Waals surface area contributed by atoms with Crippen LogP contribution in [-0.4, -0.2) is 54.5 Å². The van der Waals surface area contributed by atoms with Crippen molar-refractivity contribution in [3.8, 4) is 0 Å². The zero-order chi connectivity index (χ0) is 13.2. The SMILES string of the molecule is O=C(C1CCCCS1(=O)=O)N(CCO)C1CCC1. The predicted molar refractivity (Wildman–Crippen MR) is 67.9 cm³/mol. The van der Waals surface area contributed by atoms with Crippen LogP contribution in [0.4, 0.5) is 0 Å². The number of carbonyl (C=O) groups is 1. The van der Waals surface area contributed by atoms with Gasteiger partial charge in [-0.1, -0.05) is 6.42 Å². The Hall–Kier alpha value is -0.620. The minimum Gasteiger partial charge on any atom is -0.395 e. The maximum Gasteiger partial charge on any atom is 0.241 e. The van der Waals surface area contributed by atoms with Crippen molar-refractivity contribution in [3.05, 3.63) is 0 Å². The lowest BCUT2D eigenvalue weighted by atomic mass is 9.91. The lowest BCUT2D eigenvalue weighted by Crippen LogP contribution is -2.52. The number of hydrogen-bond acceptors (Lipinski definition) is 4.